The van der Waals surface area contributed by atoms with Crippen LogP contribution in [0.1, 0.15) is 51.6 Å². The Morgan fingerprint density at radius 3 is 1.93 bits per heavy atom. The van der Waals surface area contributed by atoms with Crippen LogP contribution in [-0.4, -0.2) is 9.78 Å². The van der Waals surface area contributed by atoms with Crippen LogP contribution in [0.25, 0.3) is 22.4 Å². The molecule has 2 heteroatoms. The molecule has 1 aliphatic carbocycles. The maximum absolute atomic E-state index is 5.18. The van der Waals surface area contributed by atoms with Gasteiger partial charge in [0.2, 0.25) is 0 Å². The minimum Gasteiger partial charge on any atom is -0.268 e. The van der Waals surface area contributed by atoms with Gasteiger partial charge in [0.05, 0.1) is 0 Å². The monoisotopic (exact) mass is 372 g/mol. The largest absolute Gasteiger partial charge is 0.268 e. The van der Waals surface area contributed by atoms with Crippen LogP contribution < -0.4 is 0 Å². The molecule has 2 aromatic carbocycles. The maximum Gasteiger partial charge on any atom is 0.100 e. The molecule has 1 fully saturated rings. The summed E-state index contributed by atoms with van der Waals surface area (Å²) < 4.78 is 2.33. The fraction of sp³-hybridized carbons (Fsp3) is 0.423. The molecule has 1 heterocycles. The summed E-state index contributed by atoms with van der Waals surface area (Å²) >= 11 is 0. The third-order valence-electron chi connectivity index (χ3n) is 6.48. The predicted octanol–water partition coefficient (Wildman–Crippen LogP) is 7.00. The molecule has 0 amide bonds. The zero-order valence-corrected chi connectivity index (χ0v) is 17.3. The van der Waals surface area contributed by atoms with Crippen molar-refractivity contribution in [2.75, 3.05) is 0 Å². The van der Waals surface area contributed by atoms with Crippen LogP contribution in [-0.2, 0) is 13.0 Å². The highest BCUT2D eigenvalue weighted by atomic mass is 15.3. The van der Waals surface area contributed by atoms with Crippen LogP contribution in [0, 0.1) is 11.8 Å². The normalized spacial score (nSPS) is 19.6. The fourth-order valence-electron chi connectivity index (χ4n) is 4.78. The Balaban J connectivity index is 1.72. The average molecular weight is 373 g/mol. The zero-order valence-electron chi connectivity index (χ0n) is 17.3. The minimum absolute atomic E-state index is 0.764. The summed E-state index contributed by atoms with van der Waals surface area (Å²) in [5, 5.41) is 5.18. The molecule has 0 atom stereocenters. The quantitative estimate of drug-likeness (QED) is 0.455. The molecule has 1 aliphatic rings. The van der Waals surface area contributed by atoms with E-state index in [-0.39, 0.29) is 0 Å². The lowest BCUT2D eigenvalue weighted by molar-refractivity contribution is 0.240. The van der Waals surface area contributed by atoms with Crippen molar-refractivity contribution in [1.29, 1.82) is 0 Å². The van der Waals surface area contributed by atoms with E-state index in [1.165, 1.54) is 54.5 Å². The Bertz CT molecular complexity index is 872. The molecule has 3 aromatic rings. The van der Waals surface area contributed by atoms with Crippen molar-refractivity contribution in [1.82, 2.24) is 9.78 Å². The Labute approximate surface area is 169 Å². The standard InChI is InChI=1S/C26H32N2/c1-3-20-15-17-21(18-16-20)19-28-24(4-2)25(22-11-7-5-8-12-22)26(27-28)23-13-9-6-10-14-23/h5-14,20-21H,3-4,15-19H2,1-2H3. The van der Waals surface area contributed by atoms with E-state index < -0.39 is 0 Å². The van der Waals surface area contributed by atoms with E-state index in [1.54, 1.807) is 0 Å². The third-order valence-corrected chi connectivity index (χ3v) is 6.48. The van der Waals surface area contributed by atoms with Crippen LogP contribution in [0.2, 0.25) is 0 Å². The summed E-state index contributed by atoms with van der Waals surface area (Å²) in [7, 11) is 0. The molecule has 0 unspecified atom stereocenters. The van der Waals surface area contributed by atoms with E-state index >= 15 is 0 Å². The van der Waals surface area contributed by atoms with Gasteiger partial charge in [0, 0.05) is 23.4 Å². The first kappa shape index (κ1) is 19.0. The van der Waals surface area contributed by atoms with Gasteiger partial charge < -0.3 is 0 Å². The maximum atomic E-state index is 5.18. The lowest BCUT2D eigenvalue weighted by atomic mass is 9.81. The summed E-state index contributed by atoms with van der Waals surface area (Å²) in [6.07, 6.45) is 7.83. The van der Waals surface area contributed by atoms with Crippen molar-refractivity contribution in [3.63, 3.8) is 0 Å². The van der Waals surface area contributed by atoms with Gasteiger partial charge in [-0.25, -0.2) is 0 Å². The summed E-state index contributed by atoms with van der Waals surface area (Å²) in [5.41, 5.74) is 6.31. The van der Waals surface area contributed by atoms with Gasteiger partial charge in [0.25, 0.3) is 0 Å². The fourth-order valence-corrected chi connectivity index (χ4v) is 4.78. The summed E-state index contributed by atoms with van der Waals surface area (Å²) in [4.78, 5) is 0. The van der Waals surface area contributed by atoms with Gasteiger partial charge in [-0.2, -0.15) is 5.10 Å². The van der Waals surface area contributed by atoms with Gasteiger partial charge in [-0.3, -0.25) is 4.68 Å². The molecule has 28 heavy (non-hydrogen) atoms. The molecular weight excluding hydrogens is 340 g/mol. The molecule has 0 bridgehead atoms. The highest BCUT2D eigenvalue weighted by Crippen LogP contribution is 2.37. The van der Waals surface area contributed by atoms with E-state index in [2.05, 4.69) is 79.2 Å². The van der Waals surface area contributed by atoms with E-state index in [1.807, 2.05) is 0 Å². The Kier molecular flexibility index (Phi) is 5.95. The number of benzene rings is 2. The van der Waals surface area contributed by atoms with Gasteiger partial charge >= 0.3 is 0 Å². The SMILES string of the molecule is CCc1c(-c2ccccc2)c(-c2ccccc2)nn1CC1CCC(CC)CC1. The lowest BCUT2D eigenvalue weighted by Gasteiger charge is -2.28. The highest BCUT2D eigenvalue weighted by Gasteiger charge is 2.24. The van der Waals surface area contributed by atoms with Crippen LogP contribution in [0.5, 0.6) is 0 Å². The summed E-state index contributed by atoms with van der Waals surface area (Å²) in [5.74, 6) is 1.71. The van der Waals surface area contributed by atoms with Crippen molar-refractivity contribution < 1.29 is 0 Å². The first-order valence-electron chi connectivity index (χ1n) is 11.0. The third kappa shape index (κ3) is 3.92. The smallest absolute Gasteiger partial charge is 0.100 e. The second-order valence-electron chi connectivity index (χ2n) is 8.23. The molecular formula is C26H32N2. The Hall–Kier alpha value is -2.35. The van der Waals surface area contributed by atoms with Crippen LogP contribution in [0.15, 0.2) is 60.7 Å². The molecule has 0 aliphatic heterocycles. The second kappa shape index (κ2) is 8.77. The minimum atomic E-state index is 0.764. The summed E-state index contributed by atoms with van der Waals surface area (Å²) in [6.45, 7) is 5.67. The van der Waals surface area contributed by atoms with Gasteiger partial charge in [-0.15, -0.1) is 0 Å². The molecule has 146 valence electrons. The van der Waals surface area contributed by atoms with E-state index in [4.69, 9.17) is 5.10 Å². The molecule has 0 saturated heterocycles. The molecule has 0 N–H and O–H groups in total. The van der Waals surface area contributed by atoms with Gasteiger partial charge in [-0.1, -0.05) is 93.8 Å². The number of nitrogens with zero attached hydrogens (tertiary/aromatic N) is 2. The first-order chi connectivity index (χ1) is 13.8. The van der Waals surface area contributed by atoms with Crippen LogP contribution in [0.3, 0.4) is 0 Å². The van der Waals surface area contributed by atoms with Crippen molar-refractivity contribution in [3.8, 4) is 22.4 Å². The predicted molar refractivity (Wildman–Crippen MR) is 118 cm³/mol. The van der Waals surface area contributed by atoms with E-state index in [9.17, 15) is 0 Å². The number of hydrogen-bond donors (Lipinski definition) is 0. The van der Waals surface area contributed by atoms with Crippen molar-refractivity contribution in [2.24, 2.45) is 11.8 Å². The van der Waals surface area contributed by atoms with E-state index in [0.29, 0.717) is 0 Å². The molecule has 0 radical (unpaired) electrons. The van der Waals surface area contributed by atoms with Crippen molar-refractivity contribution in [3.05, 3.63) is 66.4 Å². The number of aromatic nitrogens is 2. The second-order valence-corrected chi connectivity index (χ2v) is 8.23. The first-order valence-corrected chi connectivity index (χ1v) is 11.0. The van der Waals surface area contributed by atoms with Crippen LogP contribution >= 0.6 is 0 Å². The number of hydrogen-bond acceptors (Lipinski definition) is 1. The molecule has 1 saturated carbocycles. The zero-order chi connectivity index (χ0) is 19.3. The van der Waals surface area contributed by atoms with Crippen molar-refractivity contribution in [2.45, 2.75) is 58.9 Å². The van der Waals surface area contributed by atoms with Gasteiger partial charge in [-0.05, 0) is 36.7 Å². The van der Waals surface area contributed by atoms with Gasteiger partial charge in [0.15, 0.2) is 0 Å². The number of rotatable bonds is 6. The van der Waals surface area contributed by atoms with Crippen molar-refractivity contribution >= 4 is 0 Å². The van der Waals surface area contributed by atoms with E-state index in [0.717, 1.165) is 30.5 Å². The molecule has 4 rings (SSSR count). The Morgan fingerprint density at radius 2 is 1.36 bits per heavy atom. The summed E-state index contributed by atoms with van der Waals surface area (Å²) in [6, 6.07) is 21.5. The molecule has 0 spiro atoms. The van der Waals surface area contributed by atoms with Crippen LogP contribution in [0.4, 0.5) is 0 Å². The highest BCUT2D eigenvalue weighted by molar-refractivity contribution is 5.82. The molecule has 1 aromatic heterocycles. The van der Waals surface area contributed by atoms with Gasteiger partial charge in [0.1, 0.15) is 5.69 Å². The average Bonchev–Trinajstić information content (AvgIpc) is 3.13. The lowest BCUT2D eigenvalue weighted by Crippen LogP contribution is -2.20. The molecule has 2 nitrogen and oxygen atoms in total. The topological polar surface area (TPSA) is 17.8 Å². The Morgan fingerprint density at radius 1 is 0.786 bits per heavy atom.